The zero-order valence-corrected chi connectivity index (χ0v) is 12.4. The third-order valence-corrected chi connectivity index (χ3v) is 3.27. The van der Waals surface area contributed by atoms with Crippen LogP contribution in [0.4, 0.5) is 4.79 Å². The van der Waals surface area contributed by atoms with Gasteiger partial charge in [-0.3, -0.25) is 0 Å². The van der Waals surface area contributed by atoms with E-state index >= 15 is 0 Å². The largest absolute Gasteiger partial charge is 0.444 e. The molecule has 4 heteroatoms. The van der Waals surface area contributed by atoms with Crippen molar-refractivity contribution in [2.24, 2.45) is 11.8 Å². The van der Waals surface area contributed by atoms with Gasteiger partial charge in [0, 0.05) is 12.6 Å². The molecule has 18 heavy (non-hydrogen) atoms. The van der Waals surface area contributed by atoms with E-state index < -0.39 is 5.60 Å². The molecule has 0 aliphatic carbocycles. The molecular formula is C14H28N2O2. The molecule has 1 aliphatic rings. The normalized spacial score (nSPS) is 25.0. The molecule has 0 aromatic rings. The molecule has 2 atom stereocenters. The first-order valence-electron chi connectivity index (χ1n) is 7.00. The van der Waals surface area contributed by atoms with E-state index in [1.165, 1.54) is 12.8 Å². The van der Waals surface area contributed by atoms with E-state index in [9.17, 15) is 4.79 Å². The Labute approximate surface area is 111 Å². The third kappa shape index (κ3) is 5.25. The van der Waals surface area contributed by atoms with Gasteiger partial charge in [0.2, 0.25) is 0 Å². The minimum absolute atomic E-state index is 0.310. The molecule has 2 N–H and O–H groups in total. The molecule has 0 spiro atoms. The van der Waals surface area contributed by atoms with Crippen LogP contribution in [-0.4, -0.2) is 30.8 Å². The molecule has 2 unspecified atom stereocenters. The lowest BCUT2D eigenvalue weighted by atomic mass is 9.84. The second-order valence-corrected chi connectivity index (χ2v) is 6.51. The highest BCUT2D eigenvalue weighted by molar-refractivity contribution is 5.67. The van der Waals surface area contributed by atoms with Crippen LogP contribution in [0.1, 0.15) is 47.5 Å². The van der Waals surface area contributed by atoms with Crippen LogP contribution in [-0.2, 0) is 4.74 Å². The topological polar surface area (TPSA) is 50.4 Å². The number of amides is 1. The van der Waals surface area contributed by atoms with Gasteiger partial charge in [0.15, 0.2) is 0 Å². The minimum Gasteiger partial charge on any atom is -0.444 e. The summed E-state index contributed by atoms with van der Waals surface area (Å²) >= 11 is 0. The summed E-state index contributed by atoms with van der Waals surface area (Å²) in [5.74, 6) is 1.10. The van der Waals surface area contributed by atoms with Gasteiger partial charge in [-0.2, -0.15) is 0 Å². The second kappa shape index (κ2) is 6.41. The molecule has 0 radical (unpaired) electrons. The monoisotopic (exact) mass is 256 g/mol. The van der Waals surface area contributed by atoms with Gasteiger partial charge in [-0.25, -0.2) is 4.79 Å². The molecule has 0 aromatic carbocycles. The quantitative estimate of drug-likeness (QED) is 0.816. The maximum absolute atomic E-state index is 11.6. The molecule has 1 amide bonds. The molecular weight excluding hydrogens is 228 g/mol. The Bertz CT molecular complexity index is 271. The van der Waals surface area contributed by atoms with Crippen LogP contribution in [0.2, 0.25) is 0 Å². The van der Waals surface area contributed by atoms with Crippen LogP contribution < -0.4 is 10.6 Å². The van der Waals surface area contributed by atoms with Crippen molar-refractivity contribution in [1.29, 1.82) is 0 Å². The van der Waals surface area contributed by atoms with Crippen molar-refractivity contribution >= 4 is 6.09 Å². The van der Waals surface area contributed by atoms with E-state index in [2.05, 4.69) is 24.5 Å². The van der Waals surface area contributed by atoms with E-state index in [-0.39, 0.29) is 6.09 Å². The Kier molecular flexibility index (Phi) is 5.45. The maximum atomic E-state index is 11.6. The Hall–Kier alpha value is -0.770. The number of carbonyl (C=O) groups excluding carboxylic acids is 1. The number of carbonyl (C=O) groups is 1. The maximum Gasteiger partial charge on any atom is 0.407 e. The van der Waals surface area contributed by atoms with Gasteiger partial charge in [-0.1, -0.05) is 13.8 Å². The highest BCUT2D eigenvalue weighted by atomic mass is 16.6. The summed E-state index contributed by atoms with van der Waals surface area (Å²) in [6.45, 7) is 11.9. The van der Waals surface area contributed by atoms with Gasteiger partial charge in [0.1, 0.15) is 5.60 Å². The Balaban J connectivity index is 2.39. The summed E-state index contributed by atoms with van der Waals surface area (Å²) in [5.41, 5.74) is -0.424. The number of ether oxygens (including phenoxy) is 1. The molecule has 1 fully saturated rings. The summed E-state index contributed by atoms with van der Waals surface area (Å²) in [4.78, 5) is 11.6. The van der Waals surface area contributed by atoms with Crippen LogP contribution in [0.25, 0.3) is 0 Å². The zero-order chi connectivity index (χ0) is 13.8. The van der Waals surface area contributed by atoms with Crippen molar-refractivity contribution in [1.82, 2.24) is 10.6 Å². The molecule has 0 bridgehead atoms. The summed E-state index contributed by atoms with van der Waals surface area (Å²) in [6.07, 6.45) is 2.05. The fraction of sp³-hybridized carbons (Fsp3) is 0.929. The number of piperidine rings is 1. The predicted molar refractivity (Wildman–Crippen MR) is 73.6 cm³/mol. The van der Waals surface area contributed by atoms with Crippen LogP contribution in [0.3, 0.4) is 0 Å². The molecule has 1 heterocycles. The molecule has 1 saturated heterocycles. The van der Waals surface area contributed by atoms with Gasteiger partial charge in [-0.05, 0) is 52.0 Å². The fourth-order valence-corrected chi connectivity index (χ4v) is 2.52. The van der Waals surface area contributed by atoms with Crippen LogP contribution in [0.5, 0.6) is 0 Å². The summed E-state index contributed by atoms with van der Waals surface area (Å²) < 4.78 is 5.25. The zero-order valence-electron chi connectivity index (χ0n) is 12.4. The highest BCUT2D eigenvalue weighted by Crippen LogP contribution is 2.21. The van der Waals surface area contributed by atoms with Crippen molar-refractivity contribution in [2.45, 2.75) is 59.1 Å². The van der Waals surface area contributed by atoms with Crippen LogP contribution >= 0.6 is 0 Å². The molecule has 0 saturated carbocycles. The standard InChI is InChI=1S/C14H28N2O2/c1-10(2)12-11(7-6-8-15-12)9-16-13(17)18-14(3,4)5/h10-12,15H,6-9H2,1-5H3,(H,16,17). The average Bonchev–Trinajstić information content (AvgIpc) is 2.24. The Morgan fingerprint density at radius 1 is 1.44 bits per heavy atom. The first kappa shape index (κ1) is 15.3. The molecule has 4 nitrogen and oxygen atoms in total. The molecule has 0 aromatic heterocycles. The number of hydrogen-bond acceptors (Lipinski definition) is 3. The number of hydrogen-bond donors (Lipinski definition) is 2. The lowest BCUT2D eigenvalue weighted by Crippen LogP contribution is -2.49. The van der Waals surface area contributed by atoms with E-state index in [1.54, 1.807) is 0 Å². The van der Waals surface area contributed by atoms with Gasteiger partial charge < -0.3 is 15.4 Å². The minimum atomic E-state index is -0.424. The number of nitrogens with one attached hydrogen (secondary N) is 2. The second-order valence-electron chi connectivity index (χ2n) is 6.51. The van der Waals surface area contributed by atoms with Crippen molar-refractivity contribution in [3.8, 4) is 0 Å². The van der Waals surface area contributed by atoms with E-state index in [0.29, 0.717) is 24.4 Å². The molecule has 1 aliphatic heterocycles. The Morgan fingerprint density at radius 3 is 2.67 bits per heavy atom. The van der Waals surface area contributed by atoms with E-state index in [0.717, 1.165) is 6.54 Å². The van der Waals surface area contributed by atoms with E-state index in [1.807, 2.05) is 20.8 Å². The van der Waals surface area contributed by atoms with Crippen molar-refractivity contribution in [2.75, 3.05) is 13.1 Å². The summed E-state index contributed by atoms with van der Waals surface area (Å²) in [5, 5.41) is 6.44. The third-order valence-electron chi connectivity index (χ3n) is 3.27. The lowest BCUT2D eigenvalue weighted by molar-refractivity contribution is 0.0507. The van der Waals surface area contributed by atoms with Gasteiger partial charge in [0.05, 0.1) is 0 Å². The predicted octanol–water partition coefficient (Wildman–Crippen LogP) is 2.54. The van der Waals surface area contributed by atoms with Crippen LogP contribution in [0, 0.1) is 11.8 Å². The van der Waals surface area contributed by atoms with Gasteiger partial charge >= 0.3 is 6.09 Å². The van der Waals surface area contributed by atoms with Crippen molar-refractivity contribution in [3.05, 3.63) is 0 Å². The lowest BCUT2D eigenvalue weighted by Gasteiger charge is -2.35. The Morgan fingerprint density at radius 2 is 2.11 bits per heavy atom. The summed E-state index contributed by atoms with van der Waals surface area (Å²) in [6, 6.07) is 0.494. The summed E-state index contributed by atoms with van der Waals surface area (Å²) in [7, 11) is 0. The van der Waals surface area contributed by atoms with Crippen LogP contribution in [0.15, 0.2) is 0 Å². The molecule has 1 rings (SSSR count). The molecule has 106 valence electrons. The smallest absolute Gasteiger partial charge is 0.407 e. The first-order valence-corrected chi connectivity index (χ1v) is 7.00. The number of alkyl carbamates (subject to hydrolysis) is 1. The highest BCUT2D eigenvalue weighted by Gasteiger charge is 2.27. The van der Waals surface area contributed by atoms with Crippen molar-refractivity contribution in [3.63, 3.8) is 0 Å². The fourth-order valence-electron chi connectivity index (χ4n) is 2.52. The van der Waals surface area contributed by atoms with Crippen molar-refractivity contribution < 1.29 is 9.53 Å². The SMILES string of the molecule is CC(C)C1NCCCC1CNC(=O)OC(C)(C)C. The average molecular weight is 256 g/mol. The van der Waals surface area contributed by atoms with E-state index in [4.69, 9.17) is 4.74 Å². The number of rotatable bonds is 3. The van der Waals surface area contributed by atoms with Gasteiger partial charge in [0.25, 0.3) is 0 Å². The first-order chi connectivity index (χ1) is 8.29. The van der Waals surface area contributed by atoms with Gasteiger partial charge in [-0.15, -0.1) is 0 Å².